The Kier molecular flexibility index (Phi) is 3.73. The van der Waals surface area contributed by atoms with Gasteiger partial charge in [-0.2, -0.15) is 0 Å². The van der Waals surface area contributed by atoms with Crippen LogP contribution in [0.3, 0.4) is 0 Å². The Morgan fingerprint density at radius 1 is 1.08 bits per heavy atom. The Labute approximate surface area is 150 Å². The molecule has 0 saturated carbocycles. The highest BCUT2D eigenvalue weighted by Gasteiger charge is 2.25. The van der Waals surface area contributed by atoms with Gasteiger partial charge in [-0.3, -0.25) is 0 Å². The maximum Gasteiger partial charge on any atom is 0.339 e. The minimum Gasteiger partial charge on any atom is -0.471 e. The minimum absolute atomic E-state index is 0.318. The number of anilines is 1. The van der Waals surface area contributed by atoms with Gasteiger partial charge in [0.2, 0.25) is 0 Å². The Balaban J connectivity index is 1.89. The van der Waals surface area contributed by atoms with E-state index in [9.17, 15) is 4.79 Å². The molecule has 2 aromatic carbocycles. The molecule has 0 spiro atoms. The summed E-state index contributed by atoms with van der Waals surface area (Å²) in [5.74, 6) is 0.601. The van der Waals surface area contributed by atoms with Gasteiger partial charge in [0.05, 0.1) is 17.1 Å². The number of benzene rings is 2. The van der Waals surface area contributed by atoms with E-state index in [4.69, 9.17) is 20.8 Å². The van der Waals surface area contributed by atoms with E-state index in [1.54, 1.807) is 6.92 Å². The van der Waals surface area contributed by atoms with Crippen molar-refractivity contribution >= 4 is 28.3 Å². The van der Waals surface area contributed by atoms with E-state index in [-0.39, 0.29) is 5.63 Å². The molecule has 0 unspecified atom stereocenters. The lowest BCUT2D eigenvalue weighted by molar-refractivity contribution is 0.289. The summed E-state index contributed by atoms with van der Waals surface area (Å²) in [6, 6.07) is 10.1. The Morgan fingerprint density at radius 2 is 1.80 bits per heavy atom. The first-order chi connectivity index (χ1) is 12.0. The summed E-state index contributed by atoms with van der Waals surface area (Å²) in [6.45, 7) is 6.71. The monoisotopic (exact) mass is 355 g/mol. The molecule has 0 bridgehead atoms. The predicted octanol–water partition coefficient (Wildman–Crippen LogP) is 4.73. The third kappa shape index (κ3) is 2.57. The molecule has 1 aliphatic rings. The number of hydrogen-bond acceptors (Lipinski definition) is 4. The predicted molar refractivity (Wildman–Crippen MR) is 99.8 cm³/mol. The van der Waals surface area contributed by atoms with Crippen molar-refractivity contribution in [2.75, 3.05) is 11.6 Å². The van der Waals surface area contributed by atoms with Crippen molar-refractivity contribution in [1.82, 2.24) is 0 Å². The number of aryl methyl sites for hydroxylation is 2. The van der Waals surface area contributed by atoms with E-state index in [0.717, 1.165) is 22.2 Å². The van der Waals surface area contributed by atoms with E-state index >= 15 is 0 Å². The van der Waals surface area contributed by atoms with Crippen molar-refractivity contribution < 1.29 is 9.15 Å². The molecule has 0 fully saturated rings. The molecule has 0 N–H and O–H groups in total. The van der Waals surface area contributed by atoms with Gasteiger partial charge < -0.3 is 14.1 Å². The van der Waals surface area contributed by atoms with E-state index in [1.165, 1.54) is 5.56 Å². The number of fused-ring (bicyclic) bond motifs is 3. The standard InChI is InChI=1S/C20H18ClNO3/c1-11-4-6-14(7-5-11)22-9-16-18-15(8-17(21)19(16)24-10-22)12(2)13(3)20(23)25-18/h4-8H,9-10H2,1-3H3. The lowest BCUT2D eigenvalue weighted by Gasteiger charge is -2.31. The molecule has 1 aliphatic heterocycles. The van der Waals surface area contributed by atoms with Crippen LogP contribution in [0.2, 0.25) is 5.02 Å². The molecule has 4 nitrogen and oxygen atoms in total. The van der Waals surface area contributed by atoms with Gasteiger partial charge in [0, 0.05) is 16.6 Å². The summed E-state index contributed by atoms with van der Waals surface area (Å²) < 4.78 is 11.5. The number of rotatable bonds is 1. The van der Waals surface area contributed by atoms with Gasteiger partial charge in [-0.15, -0.1) is 0 Å². The molecule has 0 saturated heterocycles. The number of halogens is 1. The van der Waals surface area contributed by atoms with Crippen LogP contribution in [0, 0.1) is 20.8 Å². The van der Waals surface area contributed by atoms with Crippen molar-refractivity contribution in [1.29, 1.82) is 0 Å². The zero-order chi connectivity index (χ0) is 17.7. The Bertz CT molecular complexity index is 1040. The first kappa shape index (κ1) is 16.0. The van der Waals surface area contributed by atoms with Gasteiger partial charge in [0.1, 0.15) is 11.3 Å². The highest BCUT2D eigenvalue weighted by Crippen LogP contribution is 2.40. The van der Waals surface area contributed by atoms with Crippen LogP contribution in [0.4, 0.5) is 5.69 Å². The minimum atomic E-state index is -0.318. The summed E-state index contributed by atoms with van der Waals surface area (Å²) in [5, 5.41) is 1.40. The molecule has 25 heavy (non-hydrogen) atoms. The second kappa shape index (κ2) is 5.81. The molecule has 3 aromatic rings. The molecule has 0 aliphatic carbocycles. The molecule has 5 heteroatoms. The Morgan fingerprint density at radius 3 is 2.52 bits per heavy atom. The first-order valence-corrected chi connectivity index (χ1v) is 8.53. The highest BCUT2D eigenvalue weighted by molar-refractivity contribution is 6.33. The lowest BCUT2D eigenvalue weighted by atomic mass is 10.0. The zero-order valence-electron chi connectivity index (χ0n) is 14.4. The fourth-order valence-corrected chi connectivity index (χ4v) is 3.46. The maximum atomic E-state index is 12.2. The molecule has 0 radical (unpaired) electrons. The highest BCUT2D eigenvalue weighted by atomic mass is 35.5. The van der Waals surface area contributed by atoms with Crippen LogP contribution in [0.15, 0.2) is 39.5 Å². The molecular weight excluding hydrogens is 338 g/mol. The topological polar surface area (TPSA) is 42.7 Å². The normalized spacial score (nSPS) is 13.7. The van der Waals surface area contributed by atoms with Crippen LogP contribution in [0.5, 0.6) is 5.75 Å². The van der Waals surface area contributed by atoms with E-state index in [0.29, 0.717) is 35.2 Å². The third-order valence-corrected chi connectivity index (χ3v) is 5.14. The second-order valence-corrected chi connectivity index (χ2v) is 6.90. The quantitative estimate of drug-likeness (QED) is 0.592. The number of nitrogens with zero attached hydrogens (tertiary/aromatic N) is 1. The average Bonchev–Trinajstić information content (AvgIpc) is 2.61. The summed E-state index contributed by atoms with van der Waals surface area (Å²) in [4.78, 5) is 14.2. The van der Waals surface area contributed by atoms with E-state index < -0.39 is 0 Å². The van der Waals surface area contributed by atoms with E-state index in [2.05, 4.69) is 36.1 Å². The van der Waals surface area contributed by atoms with Crippen LogP contribution < -0.4 is 15.3 Å². The number of ether oxygens (including phenoxy) is 1. The van der Waals surface area contributed by atoms with E-state index in [1.807, 2.05) is 13.0 Å². The summed E-state index contributed by atoms with van der Waals surface area (Å²) in [5.41, 5.74) is 4.81. The molecule has 0 amide bonds. The zero-order valence-corrected chi connectivity index (χ0v) is 15.1. The summed E-state index contributed by atoms with van der Waals surface area (Å²) in [7, 11) is 0. The van der Waals surface area contributed by atoms with Gasteiger partial charge in [0.15, 0.2) is 6.73 Å². The summed E-state index contributed by atoms with van der Waals surface area (Å²) in [6.07, 6.45) is 0. The van der Waals surface area contributed by atoms with Gasteiger partial charge in [-0.1, -0.05) is 29.3 Å². The van der Waals surface area contributed by atoms with Crippen LogP contribution >= 0.6 is 11.6 Å². The summed E-state index contributed by atoms with van der Waals surface area (Å²) >= 11 is 6.44. The van der Waals surface area contributed by atoms with Gasteiger partial charge in [-0.25, -0.2) is 4.79 Å². The van der Waals surface area contributed by atoms with Crippen LogP contribution in [0.25, 0.3) is 11.0 Å². The first-order valence-electron chi connectivity index (χ1n) is 8.15. The fraction of sp³-hybridized carbons (Fsp3) is 0.250. The Hall–Kier alpha value is -2.46. The lowest BCUT2D eigenvalue weighted by Crippen LogP contribution is -2.32. The SMILES string of the molecule is Cc1ccc(N2COc3c(Cl)cc4c(C)c(C)c(=O)oc4c3C2)cc1. The third-order valence-electron chi connectivity index (χ3n) is 4.86. The largest absolute Gasteiger partial charge is 0.471 e. The van der Waals surface area contributed by atoms with Crippen molar-refractivity contribution in [3.8, 4) is 5.75 Å². The van der Waals surface area contributed by atoms with Crippen molar-refractivity contribution in [2.45, 2.75) is 27.3 Å². The van der Waals surface area contributed by atoms with Gasteiger partial charge in [0.25, 0.3) is 0 Å². The maximum absolute atomic E-state index is 12.2. The second-order valence-electron chi connectivity index (χ2n) is 6.49. The van der Waals surface area contributed by atoms with Crippen molar-refractivity contribution in [3.63, 3.8) is 0 Å². The van der Waals surface area contributed by atoms with Crippen LogP contribution in [0.1, 0.15) is 22.3 Å². The molecule has 2 heterocycles. The van der Waals surface area contributed by atoms with Crippen molar-refractivity contribution in [2.24, 2.45) is 0 Å². The smallest absolute Gasteiger partial charge is 0.339 e. The molecular formula is C20H18ClNO3. The molecule has 128 valence electrons. The fourth-order valence-electron chi connectivity index (χ4n) is 3.19. The van der Waals surface area contributed by atoms with Gasteiger partial charge in [-0.05, 0) is 44.5 Å². The van der Waals surface area contributed by atoms with Crippen LogP contribution in [-0.4, -0.2) is 6.73 Å². The molecule has 4 rings (SSSR count). The molecule has 0 atom stereocenters. The van der Waals surface area contributed by atoms with Crippen molar-refractivity contribution in [3.05, 3.63) is 68.0 Å². The van der Waals surface area contributed by atoms with Gasteiger partial charge >= 0.3 is 5.63 Å². The number of hydrogen-bond donors (Lipinski definition) is 0. The molecule has 1 aromatic heterocycles. The average molecular weight is 356 g/mol. The van der Waals surface area contributed by atoms with Crippen LogP contribution in [-0.2, 0) is 6.54 Å².